The molecular formula is C61H115NO13. The van der Waals surface area contributed by atoms with E-state index in [4.69, 9.17) is 18.9 Å². The van der Waals surface area contributed by atoms with Gasteiger partial charge in [0, 0.05) is 6.42 Å². The third-order valence-corrected chi connectivity index (χ3v) is 15.4. The number of aliphatic hydroxyl groups excluding tert-OH is 8. The van der Waals surface area contributed by atoms with E-state index in [0.29, 0.717) is 6.42 Å². The Labute approximate surface area is 456 Å². The first kappa shape index (κ1) is 69.6. The van der Waals surface area contributed by atoms with Crippen LogP contribution in [0.4, 0.5) is 0 Å². The minimum atomic E-state index is -1.79. The SMILES string of the molecule is CCCCCCCCCC/C=C\CCCCCCCCCCCCCCCCCCCCCC(=O)NC(COC1OC(CO)C(OC2OC(CO)C(O)C(O)C2O)C(O)C1O)C(O)/C=C/CCCCCCCCCC. The Bertz CT molecular complexity index is 1350. The summed E-state index contributed by atoms with van der Waals surface area (Å²) in [5.74, 6) is -0.237. The van der Waals surface area contributed by atoms with Gasteiger partial charge < -0.3 is 65.1 Å². The molecule has 2 rings (SSSR count). The molecule has 2 saturated heterocycles. The fourth-order valence-electron chi connectivity index (χ4n) is 10.3. The number of hydrogen-bond acceptors (Lipinski definition) is 13. The van der Waals surface area contributed by atoms with E-state index in [-0.39, 0.29) is 18.9 Å². The number of allylic oxidation sites excluding steroid dienone is 3. The number of nitrogens with one attached hydrogen (secondary N) is 1. The van der Waals surface area contributed by atoms with Crippen LogP contribution < -0.4 is 5.32 Å². The molecule has 442 valence electrons. The second-order valence-corrected chi connectivity index (χ2v) is 22.2. The van der Waals surface area contributed by atoms with Gasteiger partial charge in [-0.05, 0) is 44.9 Å². The minimum Gasteiger partial charge on any atom is -0.394 e. The van der Waals surface area contributed by atoms with Crippen LogP contribution in [-0.4, -0.2) is 140 Å². The van der Waals surface area contributed by atoms with E-state index < -0.39 is 86.8 Å². The van der Waals surface area contributed by atoms with Gasteiger partial charge in [-0.3, -0.25) is 4.79 Å². The van der Waals surface area contributed by atoms with E-state index in [2.05, 4.69) is 31.3 Å². The van der Waals surface area contributed by atoms with Crippen LogP contribution in [0.1, 0.15) is 264 Å². The van der Waals surface area contributed by atoms with Crippen LogP contribution in [0.3, 0.4) is 0 Å². The molecule has 0 bridgehead atoms. The highest BCUT2D eigenvalue weighted by Crippen LogP contribution is 2.30. The van der Waals surface area contributed by atoms with Gasteiger partial charge in [-0.25, -0.2) is 0 Å². The third-order valence-electron chi connectivity index (χ3n) is 15.4. The molecule has 2 heterocycles. The molecule has 0 saturated carbocycles. The average molecular weight is 1070 g/mol. The Morgan fingerprint density at radius 3 is 1.27 bits per heavy atom. The molecule has 2 fully saturated rings. The molecule has 2 aliphatic rings. The van der Waals surface area contributed by atoms with Gasteiger partial charge in [0.15, 0.2) is 12.6 Å². The summed E-state index contributed by atoms with van der Waals surface area (Å²) in [4.78, 5) is 13.2. The number of carbonyl (C=O) groups is 1. The molecule has 0 spiro atoms. The normalized spacial score (nSPS) is 25.1. The van der Waals surface area contributed by atoms with Gasteiger partial charge in [-0.1, -0.05) is 237 Å². The van der Waals surface area contributed by atoms with E-state index in [9.17, 15) is 45.6 Å². The van der Waals surface area contributed by atoms with Crippen molar-refractivity contribution in [3.8, 4) is 0 Å². The third kappa shape index (κ3) is 33.0. The zero-order valence-electron chi connectivity index (χ0n) is 47.6. The molecule has 75 heavy (non-hydrogen) atoms. The number of aliphatic hydroxyl groups is 8. The van der Waals surface area contributed by atoms with E-state index in [1.54, 1.807) is 6.08 Å². The number of ether oxygens (including phenoxy) is 4. The zero-order chi connectivity index (χ0) is 54.6. The highest BCUT2D eigenvalue weighted by molar-refractivity contribution is 5.76. The van der Waals surface area contributed by atoms with Crippen molar-refractivity contribution in [1.29, 1.82) is 0 Å². The molecule has 14 nitrogen and oxygen atoms in total. The second-order valence-electron chi connectivity index (χ2n) is 22.2. The van der Waals surface area contributed by atoms with Crippen LogP contribution in [0.25, 0.3) is 0 Å². The lowest BCUT2D eigenvalue weighted by Gasteiger charge is -2.46. The molecule has 0 aromatic heterocycles. The monoisotopic (exact) mass is 1070 g/mol. The largest absolute Gasteiger partial charge is 0.394 e. The van der Waals surface area contributed by atoms with Crippen LogP contribution in [0.5, 0.6) is 0 Å². The number of carbonyl (C=O) groups excluding carboxylic acids is 1. The highest BCUT2D eigenvalue weighted by Gasteiger charge is 2.51. The summed E-state index contributed by atoms with van der Waals surface area (Å²) in [5, 5.41) is 86.9. The predicted octanol–water partition coefficient (Wildman–Crippen LogP) is 10.8. The molecule has 0 aromatic rings. The van der Waals surface area contributed by atoms with E-state index in [0.717, 1.165) is 38.5 Å². The molecular weight excluding hydrogens is 955 g/mol. The van der Waals surface area contributed by atoms with Gasteiger partial charge >= 0.3 is 0 Å². The van der Waals surface area contributed by atoms with E-state index in [1.165, 1.54) is 199 Å². The standard InChI is InChI=1S/C61H115NO13/c1-3-5-7-9-11-13-15-16-17-18-19-20-21-22-23-24-25-26-27-28-29-30-31-32-33-34-35-37-39-41-43-45-53(66)62-49(50(65)44-42-40-38-36-14-12-10-8-6-4-2)48-72-60-58(71)56(69)59(52(47-64)74-60)75-61-57(70)55(68)54(67)51(46-63)73-61/h18-19,42,44,49-52,54-61,63-65,67-71H,3-17,20-41,43,45-48H2,1-2H3,(H,62,66)/b19-18-,44-42+. The van der Waals surface area contributed by atoms with Crippen molar-refractivity contribution in [2.45, 2.75) is 338 Å². The summed E-state index contributed by atoms with van der Waals surface area (Å²) in [6.45, 7) is 2.79. The highest BCUT2D eigenvalue weighted by atomic mass is 16.7. The first-order valence-electron chi connectivity index (χ1n) is 31.1. The van der Waals surface area contributed by atoms with Gasteiger partial charge in [0.05, 0.1) is 32.0 Å². The predicted molar refractivity (Wildman–Crippen MR) is 300 cm³/mol. The quantitative estimate of drug-likeness (QED) is 0.0204. The van der Waals surface area contributed by atoms with Crippen LogP contribution in [0.2, 0.25) is 0 Å². The van der Waals surface area contributed by atoms with Crippen molar-refractivity contribution in [2.75, 3.05) is 19.8 Å². The average Bonchev–Trinajstić information content (AvgIpc) is 3.41. The summed E-state index contributed by atoms with van der Waals surface area (Å²) >= 11 is 0. The maximum absolute atomic E-state index is 13.2. The number of rotatable bonds is 50. The first-order valence-corrected chi connectivity index (χ1v) is 31.1. The number of hydrogen-bond donors (Lipinski definition) is 9. The van der Waals surface area contributed by atoms with Crippen LogP contribution >= 0.6 is 0 Å². The molecule has 9 N–H and O–H groups in total. The molecule has 0 aliphatic carbocycles. The lowest BCUT2D eigenvalue weighted by Crippen LogP contribution is -2.65. The van der Waals surface area contributed by atoms with Crippen molar-refractivity contribution in [2.24, 2.45) is 0 Å². The lowest BCUT2D eigenvalue weighted by atomic mass is 9.97. The lowest BCUT2D eigenvalue weighted by molar-refractivity contribution is -0.359. The summed E-state index contributed by atoms with van der Waals surface area (Å²) in [5.41, 5.74) is 0. The summed E-state index contributed by atoms with van der Waals surface area (Å²) in [6, 6.07) is -0.910. The Kier molecular flexibility index (Phi) is 43.9. The maximum Gasteiger partial charge on any atom is 0.220 e. The fraction of sp³-hybridized carbons (Fsp3) is 0.918. The van der Waals surface area contributed by atoms with Gasteiger partial charge in [0.1, 0.15) is 48.8 Å². The molecule has 0 aromatic carbocycles. The molecule has 12 atom stereocenters. The first-order chi connectivity index (χ1) is 36.6. The Morgan fingerprint density at radius 1 is 0.467 bits per heavy atom. The molecule has 12 unspecified atom stereocenters. The topological polar surface area (TPSA) is 228 Å². The van der Waals surface area contributed by atoms with Crippen LogP contribution in [-0.2, 0) is 23.7 Å². The summed E-state index contributed by atoms with van der Waals surface area (Å²) < 4.78 is 22.7. The number of unbranched alkanes of at least 4 members (excludes halogenated alkanes) is 35. The van der Waals surface area contributed by atoms with Crippen LogP contribution in [0, 0.1) is 0 Å². The van der Waals surface area contributed by atoms with Crippen molar-refractivity contribution in [3.63, 3.8) is 0 Å². The Morgan fingerprint density at radius 2 is 0.840 bits per heavy atom. The molecule has 0 radical (unpaired) electrons. The second kappa shape index (κ2) is 47.3. The Balaban J connectivity index is 1.61. The van der Waals surface area contributed by atoms with E-state index >= 15 is 0 Å². The molecule has 2 aliphatic heterocycles. The minimum absolute atomic E-state index is 0.237. The summed E-state index contributed by atoms with van der Waals surface area (Å²) in [7, 11) is 0. The maximum atomic E-state index is 13.2. The molecule has 1 amide bonds. The van der Waals surface area contributed by atoms with E-state index in [1.807, 2.05) is 6.08 Å². The van der Waals surface area contributed by atoms with Gasteiger partial charge in [-0.15, -0.1) is 0 Å². The van der Waals surface area contributed by atoms with Crippen molar-refractivity contribution >= 4 is 5.91 Å². The van der Waals surface area contributed by atoms with Crippen molar-refractivity contribution in [3.05, 3.63) is 24.3 Å². The van der Waals surface area contributed by atoms with Crippen molar-refractivity contribution < 1.29 is 64.6 Å². The fourth-order valence-corrected chi connectivity index (χ4v) is 10.3. The Hall–Kier alpha value is -1.53. The smallest absolute Gasteiger partial charge is 0.220 e. The van der Waals surface area contributed by atoms with Gasteiger partial charge in [0.2, 0.25) is 5.91 Å². The van der Waals surface area contributed by atoms with Crippen LogP contribution in [0.15, 0.2) is 24.3 Å². The summed E-state index contributed by atoms with van der Waals surface area (Å²) in [6.07, 6.45) is 39.7. The van der Waals surface area contributed by atoms with Gasteiger partial charge in [0.25, 0.3) is 0 Å². The zero-order valence-corrected chi connectivity index (χ0v) is 47.6. The molecule has 14 heteroatoms. The van der Waals surface area contributed by atoms with Gasteiger partial charge in [-0.2, -0.15) is 0 Å². The van der Waals surface area contributed by atoms with Crippen molar-refractivity contribution in [1.82, 2.24) is 5.32 Å². The number of amides is 1.